The van der Waals surface area contributed by atoms with Gasteiger partial charge in [0.05, 0.1) is 10.6 Å². The lowest BCUT2D eigenvalue weighted by atomic mass is 10.1. The highest BCUT2D eigenvalue weighted by Gasteiger charge is 2.20. The molecule has 1 aromatic rings. The summed E-state index contributed by atoms with van der Waals surface area (Å²) in [5.74, 6) is 0.0283. The summed E-state index contributed by atoms with van der Waals surface area (Å²) in [4.78, 5) is 14.8. The van der Waals surface area contributed by atoms with Gasteiger partial charge in [-0.25, -0.2) is 0 Å². The number of amides is 1. The van der Waals surface area contributed by atoms with Gasteiger partial charge in [-0.05, 0) is 37.5 Å². The van der Waals surface area contributed by atoms with Gasteiger partial charge in [-0.3, -0.25) is 4.79 Å². The maximum atomic E-state index is 12.2. The highest BCUT2D eigenvalue weighted by molar-refractivity contribution is 7.80. The summed E-state index contributed by atoms with van der Waals surface area (Å²) in [6.07, 6.45) is 3.39. The van der Waals surface area contributed by atoms with Crippen molar-refractivity contribution < 1.29 is 4.79 Å². The lowest BCUT2D eigenvalue weighted by Crippen LogP contribution is -2.35. The van der Waals surface area contributed by atoms with Gasteiger partial charge in [0.25, 0.3) is 5.91 Å². The van der Waals surface area contributed by atoms with E-state index < -0.39 is 0 Å². The van der Waals surface area contributed by atoms with Crippen LogP contribution in [-0.4, -0.2) is 23.9 Å². The largest absolute Gasteiger partial charge is 0.339 e. The Morgan fingerprint density at radius 2 is 1.94 bits per heavy atom. The molecule has 2 nitrogen and oxygen atoms in total. The average molecular weight is 256 g/mol. The highest BCUT2D eigenvalue weighted by atomic mass is 35.5. The van der Waals surface area contributed by atoms with E-state index in [-0.39, 0.29) is 5.91 Å². The van der Waals surface area contributed by atoms with E-state index in [1.54, 1.807) is 18.2 Å². The first-order chi connectivity index (χ1) is 7.68. The van der Waals surface area contributed by atoms with Crippen molar-refractivity contribution in [3.05, 3.63) is 28.8 Å². The molecule has 16 heavy (non-hydrogen) atoms. The van der Waals surface area contributed by atoms with Crippen LogP contribution < -0.4 is 0 Å². The van der Waals surface area contributed by atoms with Crippen molar-refractivity contribution in [2.45, 2.75) is 24.2 Å². The maximum absolute atomic E-state index is 12.2. The van der Waals surface area contributed by atoms with Gasteiger partial charge in [0.2, 0.25) is 0 Å². The molecule has 0 N–H and O–H groups in total. The maximum Gasteiger partial charge on any atom is 0.255 e. The van der Waals surface area contributed by atoms with Crippen LogP contribution in [0.25, 0.3) is 0 Å². The van der Waals surface area contributed by atoms with E-state index in [1.807, 2.05) is 4.90 Å². The third-order valence-electron chi connectivity index (χ3n) is 2.82. The average Bonchev–Trinajstić information content (AvgIpc) is 2.32. The zero-order valence-corrected chi connectivity index (χ0v) is 10.6. The molecule has 1 saturated heterocycles. The van der Waals surface area contributed by atoms with Crippen molar-refractivity contribution in [3.63, 3.8) is 0 Å². The molecule has 0 radical (unpaired) electrons. The quantitative estimate of drug-likeness (QED) is 0.764. The van der Waals surface area contributed by atoms with Crippen LogP contribution in [-0.2, 0) is 0 Å². The van der Waals surface area contributed by atoms with Crippen LogP contribution >= 0.6 is 24.2 Å². The van der Waals surface area contributed by atoms with Crippen LogP contribution in [0.2, 0.25) is 5.02 Å². The van der Waals surface area contributed by atoms with E-state index in [4.69, 9.17) is 11.6 Å². The predicted octanol–water partition coefficient (Wildman–Crippen LogP) is 3.25. The molecular formula is C12H14ClNOS. The molecular weight excluding hydrogens is 242 g/mol. The third kappa shape index (κ3) is 2.53. The Bertz CT molecular complexity index is 402. The van der Waals surface area contributed by atoms with Gasteiger partial charge in [0.15, 0.2) is 0 Å². The summed E-state index contributed by atoms with van der Waals surface area (Å²) >= 11 is 10.3. The summed E-state index contributed by atoms with van der Waals surface area (Å²) < 4.78 is 0. The van der Waals surface area contributed by atoms with Gasteiger partial charge in [0, 0.05) is 18.0 Å². The minimum atomic E-state index is 0.0283. The Labute approximate surface area is 106 Å². The van der Waals surface area contributed by atoms with Crippen LogP contribution in [0.15, 0.2) is 23.1 Å². The molecule has 1 aliphatic heterocycles. The number of hydrogen-bond donors (Lipinski definition) is 1. The van der Waals surface area contributed by atoms with E-state index in [9.17, 15) is 4.79 Å². The molecule has 2 rings (SSSR count). The Kier molecular flexibility index (Phi) is 3.77. The molecule has 1 aromatic carbocycles. The fourth-order valence-corrected chi connectivity index (χ4v) is 2.35. The first kappa shape index (κ1) is 11.8. The first-order valence-electron chi connectivity index (χ1n) is 5.46. The fraction of sp³-hybridized carbons (Fsp3) is 0.417. The van der Waals surface area contributed by atoms with Crippen LogP contribution in [0.5, 0.6) is 0 Å². The molecule has 4 heteroatoms. The van der Waals surface area contributed by atoms with E-state index in [0.717, 1.165) is 30.8 Å². The fourth-order valence-electron chi connectivity index (χ4n) is 1.94. The van der Waals surface area contributed by atoms with Gasteiger partial charge in [-0.2, -0.15) is 0 Å². The number of benzene rings is 1. The van der Waals surface area contributed by atoms with Crippen molar-refractivity contribution in [3.8, 4) is 0 Å². The second kappa shape index (κ2) is 5.11. The van der Waals surface area contributed by atoms with Crippen LogP contribution in [0.4, 0.5) is 0 Å². The number of halogens is 1. The summed E-state index contributed by atoms with van der Waals surface area (Å²) in [5, 5.41) is 0.508. The molecule has 0 bridgehead atoms. The SMILES string of the molecule is O=C(c1cc(S)ccc1Cl)N1CCCCC1. The molecule has 0 unspecified atom stereocenters. The molecule has 0 aromatic heterocycles. The van der Waals surface area contributed by atoms with Crippen molar-refractivity contribution in [1.29, 1.82) is 0 Å². The lowest BCUT2D eigenvalue weighted by Gasteiger charge is -2.27. The van der Waals surface area contributed by atoms with Crippen molar-refractivity contribution >= 4 is 30.1 Å². The first-order valence-corrected chi connectivity index (χ1v) is 6.29. The molecule has 1 fully saturated rings. The Morgan fingerprint density at radius 1 is 1.25 bits per heavy atom. The van der Waals surface area contributed by atoms with Gasteiger partial charge in [0.1, 0.15) is 0 Å². The lowest BCUT2D eigenvalue weighted by molar-refractivity contribution is 0.0724. The van der Waals surface area contributed by atoms with Gasteiger partial charge in [-0.15, -0.1) is 12.6 Å². The summed E-state index contributed by atoms with van der Waals surface area (Å²) in [5.41, 5.74) is 0.566. The van der Waals surface area contributed by atoms with Crippen molar-refractivity contribution in [2.24, 2.45) is 0 Å². The smallest absolute Gasteiger partial charge is 0.255 e. The highest BCUT2D eigenvalue weighted by Crippen LogP contribution is 2.22. The Morgan fingerprint density at radius 3 is 2.62 bits per heavy atom. The summed E-state index contributed by atoms with van der Waals surface area (Å²) in [6.45, 7) is 1.68. The van der Waals surface area contributed by atoms with Crippen molar-refractivity contribution in [1.82, 2.24) is 4.90 Å². The second-order valence-corrected chi connectivity index (χ2v) is 4.94. The normalized spacial score (nSPS) is 16.2. The van der Waals surface area contributed by atoms with Gasteiger partial charge >= 0.3 is 0 Å². The standard InChI is InChI=1S/C12H14ClNOS/c13-11-5-4-9(16)8-10(11)12(15)14-6-2-1-3-7-14/h4-5,8,16H,1-3,6-7H2. The topological polar surface area (TPSA) is 20.3 Å². The molecule has 0 spiro atoms. The number of hydrogen-bond acceptors (Lipinski definition) is 2. The molecule has 0 saturated carbocycles. The number of carbonyl (C=O) groups is 1. The molecule has 86 valence electrons. The number of likely N-dealkylation sites (tertiary alicyclic amines) is 1. The van der Waals surface area contributed by atoms with E-state index in [2.05, 4.69) is 12.6 Å². The number of carbonyl (C=O) groups excluding carboxylic acids is 1. The number of rotatable bonds is 1. The Balaban J connectivity index is 2.22. The van der Waals surface area contributed by atoms with Gasteiger partial charge < -0.3 is 4.90 Å². The number of thiol groups is 1. The van der Waals surface area contributed by atoms with Crippen molar-refractivity contribution in [2.75, 3.05) is 13.1 Å². The zero-order chi connectivity index (χ0) is 11.5. The number of piperidine rings is 1. The molecule has 0 aliphatic carbocycles. The minimum Gasteiger partial charge on any atom is -0.339 e. The molecule has 1 amide bonds. The predicted molar refractivity (Wildman–Crippen MR) is 68.5 cm³/mol. The zero-order valence-electron chi connectivity index (χ0n) is 8.95. The van der Waals surface area contributed by atoms with Gasteiger partial charge in [-0.1, -0.05) is 11.6 Å². The number of nitrogens with zero attached hydrogens (tertiary/aromatic N) is 1. The van der Waals surface area contributed by atoms with Crippen LogP contribution in [0.3, 0.4) is 0 Å². The summed E-state index contributed by atoms with van der Waals surface area (Å²) in [6, 6.07) is 5.25. The Hall–Kier alpha value is -0.670. The van der Waals surface area contributed by atoms with E-state index in [0.29, 0.717) is 10.6 Å². The minimum absolute atomic E-state index is 0.0283. The van der Waals surface area contributed by atoms with E-state index >= 15 is 0 Å². The van der Waals surface area contributed by atoms with Crippen LogP contribution in [0.1, 0.15) is 29.6 Å². The monoisotopic (exact) mass is 255 g/mol. The van der Waals surface area contributed by atoms with E-state index in [1.165, 1.54) is 6.42 Å². The molecule has 1 aliphatic rings. The molecule has 1 heterocycles. The van der Waals surface area contributed by atoms with Crippen LogP contribution in [0, 0.1) is 0 Å². The second-order valence-electron chi connectivity index (χ2n) is 4.02. The summed E-state index contributed by atoms with van der Waals surface area (Å²) in [7, 11) is 0. The molecule has 0 atom stereocenters. The third-order valence-corrected chi connectivity index (χ3v) is 3.43.